The summed E-state index contributed by atoms with van der Waals surface area (Å²) in [6.07, 6.45) is -9.94. The Labute approximate surface area is 478 Å². The number of carbonyl (C=O) groups excluding carboxylic acids is 3. The summed E-state index contributed by atoms with van der Waals surface area (Å²) in [5, 5.41) is -0.935. The number of esters is 3. The molecule has 0 bridgehead atoms. The van der Waals surface area contributed by atoms with E-state index in [0.29, 0.717) is 0 Å². The fourth-order valence-corrected chi connectivity index (χ4v) is 11.9. The van der Waals surface area contributed by atoms with Crippen molar-refractivity contribution in [1.29, 1.82) is 0 Å². The molecule has 0 unspecified atom stereocenters. The van der Waals surface area contributed by atoms with Crippen LogP contribution in [-0.2, 0) is 73.8 Å². The summed E-state index contributed by atoms with van der Waals surface area (Å²) < 4.78 is 69.0. The van der Waals surface area contributed by atoms with Gasteiger partial charge in [-0.25, -0.2) is 0 Å². The van der Waals surface area contributed by atoms with Gasteiger partial charge in [-0.2, -0.15) is 0 Å². The number of hydrogen-bond acceptors (Lipinski definition) is 13. The van der Waals surface area contributed by atoms with Crippen LogP contribution in [0.15, 0.2) is 243 Å². The first-order chi connectivity index (χ1) is 39.9. The molecule has 0 radical (unpaired) electrons. The Morgan fingerprint density at radius 1 is 0.333 bits per heavy atom. The van der Waals surface area contributed by atoms with E-state index in [9.17, 15) is 14.4 Å². The van der Waals surface area contributed by atoms with Crippen molar-refractivity contribution >= 4 is 37.3 Å². The second kappa shape index (κ2) is 29.2. The van der Waals surface area contributed by atoms with E-state index in [1.54, 1.807) is 91.0 Å². The molecule has 414 valence electrons. The monoisotopic (exact) mass is 1150 g/mol. The maximum atomic E-state index is 14.5. The molecule has 13 nitrogen and oxygen atoms in total. The van der Waals surface area contributed by atoms with Crippen molar-refractivity contribution in [2.45, 2.75) is 86.6 Å². The molecule has 2 heterocycles. The maximum absolute atomic E-state index is 14.5. The Balaban J connectivity index is 1.04. The van der Waals surface area contributed by atoms with Gasteiger partial charge in [-0.3, -0.25) is 0 Å². The number of benzene rings is 8. The first kappa shape index (κ1) is 56.7. The zero-order valence-electron chi connectivity index (χ0n) is 44.3. The molecule has 10 atom stereocenters. The second-order valence-electron chi connectivity index (χ2n) is 19.3. The van der Waals surface area contributed by atoms with Gasteiger partial charge in [-0.15, -0.1) is 0 Å². The van der Waals surface area contributed by atoms with Crippen LogP contribution >= 0.6 is 0 Å². The third kappa shape index (κ3) is 15.9. The molecule has 8 aromatic rings. The van der Waals surface area contributed by atoms with Crippen molar-refractivity contribution in [2.75, 3.05) is 13.2 Å². The summed E-state index contributed by atoms with van der Waals surface area (Å²) in [4.78, 5) is 43.2. The van der Waals surface area contributed by atoms with Gasteiger partial charge in [0.1, 0.15) is 0 Å². The van der Waals surface area contributed by atoms with Gasteiger partial charge in [0, 0.05) is 0 Å². The van der Waals surface area contributed by atoms with E-state index in [1.165, 1.54) is 0 Å². The predicted octanol–water partition coefficient (Wildman–Crippen LogP) is 10.1. The van der Waals surface area contributed by atoms with Crippen LogP contribution in [0.2, 0.25) is 0 Å². The van der Waals surface area contributed by atoms with Crippen molar-refractivity contribution in [1.82, 2.24) is 0 Å². The quantitative estimate of drug-likeness (QED) is 0.0322. The average Bonchev–Trinajstić information content (AvgIpc) is 3.55. The van der Waals surface area contributed by atoms with Gasteiger partial charge < -0.3 is 0 Å². The summed E-state index contributed by atoms with van der Waals surface area (Å²) in [5.41, 5.74) is 4.43. The molecule has 2 aliphatic heterocycles. The third-order valence-corrected chi connectivity index (χ3v) is 16.0. The van der Waals surface area contributed by atoms with Crippen molar-refractivity contribution in [3.8, 4) is 0 Å². The van der Waals surface area contributed by atoms with Gasteiger partial charge in [0.25, 0.3) is 0 Å². The van der Waals surface area contributed by atoms with Crippen LogP contribution in [0.3, 0.4) is 0 Å². The summed E-state index contributed by atoms with van der Waals surface area (Å²) in [5.74, 6) is -2.17. The molecule has 0 saturated carbocycles. The Morgan fingerprint density at radius 2 is 0.691 bits per heavy atom. The number of carbonyl (C=O) groups is 3. The van der Waals surface area contributed by atoms with E-state index in [4.69, 9.17) is 47.4 Å². The van der Waals surface area contributed by atoms with E-state index in [2.05, 4.69) is 0 Å². The summed E-state index contributed by atoms with van der Waals surface area (Å²) in [6.45, 7) is 0.591. The molecule has 10 rings (SSSR count). The Bertz CT molecular complexity index is 3150. The Morgan fingerprint density at radius 3 is 1.15 bits per heavy atom. The molecular weight excluding hydrogens is 1090 g/mol. The van der Waals surface area contributed by atoms with Gasteiger partial charge in [0.05, 0.1) is 0 Å². The predicted molar refractivity (Wildman–Crippen MR) is 303 cm³/mol. The second-order valence-corrected chi connectivity index (χ2v) is 21.8. The summed E-state index contributed by atoms with van der Waals surface area (Å²) in [6, 6.07) is 74.3. The van der Waals surface area contributed by atoms with Gasteiger partial charge >= 0.3 is 396 Å². The molecule has 2 fully saturated rings. The van der Waals surface area contributed by atoms with Crippen LogP contribution in [0.1, 0.15) is 53.3 Å². The minimum atomic E-state index is -1.44. The topological polar surface area (TPSA) is 144 Å². The van der Waals surface area contributed by atoms with E-state index >= 15 is 0 Å². The minimum absolute atomic E-state index is 0.0652. The van der Waals surface area contributed by atoms with Gasteiger partial charge in [0.15, 0.2) is 0 Å². The number of hydrogen-bond donors (Lipinski definition) is 0. The van der Waals surface area contributed by atoms with Crippen LogP contribution < -0.4 is 4.46 Å². The molecule has 0 spiro atoms. The molecule has 0 aliphatic carbocycles. The zero-order chi connectivity index (χ0) is 55.4. The first-order valence-electron chi connectivity index (χ1n) is 26.9. The number of ether oxygens (including phenoxy) is 10. The fourth-order valence-electron chi connectivity index (χ4n) is 9.51. The van der Waals surface area contributed by atoms with E-state index in [0.717, 1.165) is 26.7 Å². The van der Waals surface area contributed by atoms with Crippen molar-refractivity contribution in [3.63, 3.8) is 0 Å². The summed E-state index contributed by atoms with van der Waals surface area (Å²) >= 11 is -0.615. The first-order valence-corrected chi connectivity index (χ1v) is 28.8. The average molecular weight is 1150 g/mol. The van der Waals surface area contributed by atoms with E-state index < -0.39 is 93.0 Å². The van der Waals surface area contributed by atoms with Crippen LogP contribution in [0.25, 0.3) is 0 Å². The van der Waals surface area contributed by atoms with Gasteiger partial charge in [-0.1, -0.05) is 84.9 Å². The molecule has 0 aromatic heterocycles. The molecule has 14 heteroatoms. The zero-order valence-corrected chi connectivity index (χ0v) is 46.0. The SMILES string of the molecule is O=C(O[C@H]1[C@@H](OC(=O)c2ccccc2)[C@@H](CO[C@H]2O[C@H](COCc3ccccc3)[C@H](OCc3ccccc3)[C@H](OCc3ccccc3)[C@H]2OCc2ccccc2)O[C@@H]([Se]c2ccccc2)[C@@H]1OC(=O)c1ccccc1)c1ccccc1. The van der Waals surface area contributed by atoms with Crippen LogP contribution in [0.5, 0.6) is 0 Å². The molecular formula is C67H62O13Se. The molecule has 2 aliphatic rings. The molecule has 0 N–H and O–H groups in total. The Kier molecular flexibility index (Phi) is 20.4. The van der Waals surface area contributed by atoms with Crippen LogP contribution in [-0.4, -0.2) is 106 Å². The molecule has 81 heavy (non-hydrogen) atoms. The van der Waals surface area contributed by atoms with Crippen molar-refractivity contribution < 1.29 is 61.8 Å². The normalized spacial score (nSPS) is 22.5. The molecule has 0 amide bonds. The standard InChI is InChI=1S/C67H62O13Se/c68-63(51-33-17-5-18-34-51)78-58-56(77-67(81-54-39-23-8-24-40-54)62(80-65(70)53-37-21-7-22-38-53)60(58)79-64(69)52-35-19-6-20-36-52)46-75-66-61(74-44-50-31-15-4-16-32-50)59(73-43-49-29-13-3-14-30-49)57(72-42-48-27-11-2-12-28-48)55(76-66)45-71-41-47-25-9-1-10-26-47/h1-40,55-62,66-67H,41-46H2/t55-,56-,57+,58+,59+,60+,61-,62-,66+,67+/m1/s1. The van der Waals surface area contributed by atoms with Crippen molar-refractivity contribution in [3.05, 3.63) is 282 Å². The van der Waals surface area contributed by atoms with Crippen LogP contribution in [0, 0.1) is 0 Å². The van der Waals surface area contributed by atoms with E-state index in [-0.39, 0.29) is 56.3 Å². The molecule has 8 aromatic carbocycles. The number of rotatable bonds is 24. The fraction of sp³-hybridized carbons (Fsp3) is 0.239. The van der Waals surface area contributed by atoms with Gasteiger partial charge in [-0.05, 0) is 0 Å². The Hall–Kier alpha value is -7.59. The summed E-state index contributed by atoms with van der Waals surface area (Å²) in [7, 11) is 0. The van der Waals surface area contributed by atoms with E-state index in [1.807, 2.05) is 152 Å². The third-order valence-electron chi connectivity index (χ3n) is 13.6. The molecule has 2 saturated heterocycles. The van der Waals surface area contributed by atoms with Gasteiger partial charge in [0.2, 0.25) is 0 Å². The van der Waals surface area contributed by atoms with Crippen LogP contribution in [0.4, 0.5) is 0 Å². The van der Waals surface area contributed by atoms with Crippen molar-refractivity contribution in [2.24, 2.45) is 0 Å².